The zero-order valence-electron chi connectivity index (χ0n) is 10.4. The van der Waals surface area contributed by atoms with Crippen LogP contribution in [0.3, 0.4) is 0 Å². The van der Waals surface area contributed by atoms with Gasteiger partial charge in [-0.05, 0) is 24.6 Å². The number of carbonyl (C=O) groups is 1. The van der Waals surface area contributed by atoms with Gasteiger partial charge in [-0.15, -0.1) is 5.10 Å². The number of nitrogens with two attached hydrogens (primary N) is 2. The van der Waals surface area contributed by atoms with E-state index in [-0.39, 0.29) is 22.4 Å². The van der Waals surface area contributed by atoms with Gasteiger partial charge >= 0.3 is 0 Å². The molecule has 1 aromatic carbocycles. The molecule has 0 unspecified atom stereocenters. The highest BCUT2D eigenvalue weighted by Gasteiger charge is 2.15. The number of rotatable bonds is 3. The molecular formula is C10H12N6O3S. The summed E-state index contributed by atoms with van der Waals surface area (Å²) in [6.45, 7) is 1.60. The Morgan fingerprint density at radius 3 is 2.65 bits per heavy atom. The van der Waals surface area contributed by atoms with Gasteiger partial charge in [0.15, 0.2) is 0 Å². The van der Waals surface area contributed by atoms with Gasteiger partial charge in [-0.1, -0.05) is 6.07 Å². The standard InChI is InChI=1S/C10H12N6O3S/c1-5-2-3-6(4-7(5)20(12,18)19)13-9(17)8-14-10(11)16-15-8/h2-4H,1H3,(H,13,17)(H2,12,18,19)(H3,11,14,15,16). The SMILES string of the molecule is Cc1ccc(NC(=O)c2nc(N)n[nH]2)cc1S(N)(=O)=O. The zero-order valence-corrected chi connectivity index (χ0v) is 11.2. The van der Waals surface area contributed by atoms with E-state index in [2.05, 4.69) is 20.5 Å². The lowest BCUT2D eigenvalue weighted by Gasteiger charge is -2.07. The summed E-state index contributed by atoms with van der Waals surface area (Å²) in [5.74, 6) is -0.747. The van der Waals surface area contributed by atoms with Gasteiger partial charge in [-0.2, -0.15) is 4.98 Å². The van der Waals surface area contributed by atoms with Crippen molar-refractivity contribution in [1.82, 2.24) is 15.2 Å². The Labute approximate surface area is 114 Å². The van der Waals surface area contributed by atoms with Crippen LogP contribution in [0.2, 0.25) is 0 Å². The highest BCUT2D eigenvalue weighted by atomic mass is 32.2. The van der Waals surface area contributed by atoms with Crippen molar-refractivity contribution >= 4 is 27.6 Å². The quantitative estimate of drug-likeness (QED) is 0.603. The van der Waals surface area contributed by atoms with Crippen LogP contribution < -0.4 is 16.2 Å². The second kappa shape index (κ2) is 4.90. The van der Waals surface area contributed by atoms with Crippen LogP contribution in [0, 0.1) is 6.92 Å². The van der Waals surface area contributed by atoms with Crippen molar-refractivity contribution in [1.29, 1.82) is 0 Å². The van der Waals surface area contributed by atoms with E-state index >= 15 is 0 Å². The van der Waals surface area contributed by atoms with Crippen molar-refractivity contribution in [3.05, 3.63) is 29.6 Å². The van der Waals surface area contributed by atoms with Gasteiger partial charge < -0.3 is 11.1 Å². The normalized spacial score (nSPS) is 11.3. The number of nitrogens with one attached hydrogen (secondary N) is 2. The predicted octanol–water partition coefficient (Wildman–Crippen LogP) is -0.405. The van der Waals surface area contributed by atoms with Gasteiger partial charge in [0.2, 0.25) is 21.8 Å². The number of primary sulfonamides is 1. The number of amides is 1. The lowest BCUT2D eigenvalue weighted by atomic mass is 10.2. The Balaban J connectivity index is 2.29. The molecule has 0 spiro atoms. The maximum absolute atomic E-state index is 11.8. The molecule has 1 aromatic heterocycles. The average Bonchev–Trinajstić information content (AvgIpc) is 2.77. The molecule has 0 saturated carbocycles. The molecule has 6 N–H and O–H groups in total. The fraction of sp³-hybridized carbons (Fsp3) is 0.100. The van der Waals surface area contributed by atoms with Gasteiger partial charge in [0.05, 0.1) is 4.90 Å². The fourth-order valence-corrected chi connectivity index (χ4v) is 2.36. The third-order valence-corrected chi connectivity index (χ3v) is 3.52. The van der Waals surface area contributed by atoms with E-state index in [1.165, 1.54) is 12.1 Å². The van der Waals surface area contributed by atoms with E-state index in [0.717, 1.165) is 0 Å². The maximum Gasteiger partial charge on any atom is 0.293 e. The van der Waals surface area contributed by atoms with E-state index in [9.17, 15) is 13.2 Å². The number of H-pyrrole nitrogens is 1. The summed E-state index contributed by atoms with van der Waals surface area (Å²) in [6, 6.07) is 4.34. The highest BCUT2D eigenvalue weighted by Crippen LogP contribution is 2.19. The van der Waals surface area contributed by atoms with Crippen LogP contribution in [0.5, 0.6) is 0 Å². The summed E-state index contributed by atoms with van der Waals surface area (Å²) < 4.78 is 22.8. The molecule has 0 aliphatic heterocycles. The van der Waals surface area contributed by atoms with Crippen molar-refractivity contribution in [3.63, 3.8) is 0 Å². The first-order valence-electron chi connectivity index (χ1n) is 5.40. The lowest BCUT2D eigenvalue weighted by Crippen LogP contribution is -2.16. The van der Waals surface area contributed by atoms with Gasteiger partial charge in [0.1, 0.15) is 0 Å². The summed E-state index contributed by atoms with van der Waals surface area (Å²) in [5.41, 5.74) is 6.03. The van der Waals surface area contributed by atoms with Crippen LogP contribution in [-0.2, 0) is 10.0 Å². The number of carbonyl (C=O) groups excluding carboxylic acids is 1. The van der Waals surface area contributed by atoms with Crippen molar-refractivity contribution in [2.45, 2.75) is 11.8 Å². The summed E-state index contributed by atoms with van der Waals surface area (Å²) in [4.78, 5) is 15.4. The molecule has 20 heavy (non-hydrogen) atoms. The second-order valence-corrected chi connectivity index (χ2v) is 5.55. The van der Waals surface area contributed by atoms with Gasteiger partial charge in [0.25, 0.3) is 5.91 Å². The average molecular weight is 296 g/mol. The van der Waals surface area contributed by atoms with Crippen molar-refractivity contribution in [3.8, 4) is 0 Å². The van der Waals surface area contributed by atoms with Crippen LogP contribution in [0.15, 0.2) is 23.1 Å². The Morgan fingerprint density at radius 2 is 2.10 bits per heavy atom. The molecule has 0 aliphatic carbocycles. The van der Waals surface area contributed by atoms with E-state index in [4.69, 9.17) is 10.9 Å². The number of hydrogen-bond acceptors (Lipinski definition) is 6. The van der Waals surface area contributed by atoms with E-state index in [1.807, 2.05) is 0 Å². The minimum atomic E-state index is -3.86. The number of hydrogen-bond donors (Lipinski definition) is 4. The van der Waals surface area contributed by atoms with Crippen molar-refractivity contribution < 1.29 is 13.2 Å². The minimum Gasteiger partial charge on any atom is -0.366 e. The summed E-state index contributed by atoms with van der Waals surface area (Å²) in [7, 11) is -3.86. The number of nitrogens with zero attached hydrogens (tertiary/aromatic N) is 2. The number of benzene rings is 1. The van der Waals surface area contributed by atoms with E-state index < -0.39 is 15.9 Å². The second-order valence-electron chi connectivity index (χ2n) is 4.02. The molecule has 0 atom stereocenters. The number of nitrogen functional groups attached to an aromatic ring is 1. The number of sulfonamides is 1. The molecule has 9 nitrogen and oxygen atoms in total. The first-order valence-corrected chi connectivity index (χ1v) is 6.94. The summed E-state index contributed by atoms with van der Waals surface area (Å²) in [6.07, 6.45) is 0. The Hall–Kier alpha value is -2.46. The fourth-order valence-electron chi connectivity index (χ4n) is 1.55. The van der Waals surface area contributed by atoms with E-state index in [0.29, 0.717) is 5.56 Å². The highest BCUT2D eigenvalue weighted by molar-refractivity contribution is 7.89. The molecule has 0 bridgehead atoms. The molecule has 10 heteroatoms. The third kappa shape index (κ3) is 2.92. The molecule has 0 fully saturated rings. The first-order chi connectivity index (χ1) is 9.27. The summed E-state index contributed by atoms with van der Waals surface area (Å²) >= 11 is 0. The van der Waals surface area contributed by atoms with Crippen LogP contribution in [0.1, 0.15) is 16.2 Å². The number of aryl methyl sites for hydroxylation is 1. The zero-order chi connectivity index (χ0) is 14.9. The maximum atomic E-state index is 11.8. The minimum absolute atomic E-state index is 0.0626. The Morgan fingerprint density at radius 1 is 1.40 bits per heavy atom. The molecule has 2 aromatic rings. The van der Waals surface area contributed by atoms with Gasteiger partial charge in [0, 0.05) is 5.69 Å². The van der Waals surface area contributed by atoms with Crippen LogP contribution >= 0.6 is 0 Å². The molecular weight excluding hydrogens is 284 g/mol. The van der Waals surface area contributed by atoms with Crippen molar-refractivity contribution in [2.75, 3.05) is 11.1 Å². The summed E-state index contributed by atoms with van der Waals surface area (Å²) in [5, 5.41) is 13.4. The molecule has 106 valence electrons. The third-order valence-electron chi connectivity index (χ3n) is 2.47. The topological polar surface area (TPSA) is 157 Å². The van der Waals surface area contributed by atoms with Crippen molar-refractivity contribution in [2.24, 2.45) is 5.14 Å². The largest absolute Gasteiger partial charge is 0.366 e. The molecule has 2 rings (SSSR count). The first kappa shape index (κ1) is 14.0. The smallest absolute Gasteiger partial charge is 0.293 e. The molecule has 0 radical (unpaired) electrons. The van der Waals surface area contributed by atoms with E-state index in [1.54, 1.807) is 13.0 Å². The molecule has 0 aliphatic rings. The number of anilines is 2. The Kier molecular flexibility index (Phi) is 3.42. The monoisotopic (exact) mass is 296 g/mol. The van der Waals surface area contributed by atoms with Crippen LogP contribution in [-0.4, -0.2) is 29.5 Å². The lowest BCUT2D eigenvalue weighted by molar-refractivity contribution is 0.101. The molecule has 0 saturated heterocycles. The predicted molar refractivity (Wildman–Crippen MR) is 71.3 cm³/mol. The van der Waals surface area contributed by atoms with Crippen LogP contribution in [0.25, 0.3) is 0 Å². The van der Waals surface area contributed by atoms with Crippen LogP contribution in [0.4, 0.5) is 11.6 Å². The Bertz CT molecular complexity index is 767. The number of aromatic amines is 1. The molecule has 1 heterocycles. The van der Waals surface area contributed by atoms with Gasteiger partial charge in [-0.3, -0.25) is 9.89 Å². The molecule has 1 amide bonds. The number of aromatic nitrogens is 3. The van der Waals surface area contributed by atoms with Gasteiger partial charge in [-0.25, -0.2) is 13.6 Å².